The van der Waals surface area contributed by atoms with Gasteiger partial charge in [-0.05, 0) is 120 Å². The normalized spacial score (nSPS) is 11.6. The number of nitrogens with zero attached hydrogens (tertiary/aromatic N) is 4. The highest BCUT2D eigenvalue weighted by molar-refractivity contribution is 14.1. The fourth-order valence-electron chi connectivity index (χ4n) is 3.91. The minimum Gasteiger partial charge on any atom is -0.444 e. The maximum Gasteiger partial charge on any atom is 0.421 e. The zero-order valence-electron chi connectivity index (χ0n) is 27.8. The molecule has 12 nitrogen and oxygen atoms in total. The number of nitrogens with two attached hydrogens (primary N) is 1. The third kappa shape index (κ3) is 10.9. The van der Waals surface area contributed by atoms with Crippen LogP contribution in [0.25, 0.3) is 22.5 Å². The predicted molar refractivity (Wildman–Crippen MR) is 198 cm³/mol. The first-order valence-corrected chi connectivity index (χ1v) is 16.7. The maximum atomic E-state index is 12.8. The Balaban J connectivity index is 0.000000267. The van der Waals surface area contributed by atoms with Crippen LogP contribution in [-0.4, -0.2) is 54.2 Å². The largest absolute Gasteiger partial charge is 0.444 e. The van der Waals surface area contributed by atoms with E-state index in [1.54, 1.807) is 47.7 Å². The molecule has 14 heteroatoms. The second-order valence-corrected chi connectivity index (χ2v) is 15.5. The molecule has 0 unspecified atom stereocenters. The van der Waals surface area contributed by atoms with Gasteiger partial charge in [0.2, 0.25) is 11.9 Å². The first-order valence-electron chi connectivity index (χ1n) is 14.5. The van der Waals surface area contributed by atoms with E-state index >= 15 is 0 Å². The summed E-state index contributed by atoms with van der Waals surface area (Å²) in [6.07, 6.45) is 1.24. The molecule has 4 aromatic rings. The van der Waals surface area contributed by atoms with Crippen molar-refractivity contribution in [2.45, 2.75) is 79.1 Å². The van der Waals surface area contributed by atoms with Crippen molar-refractivity contribution in [3.63, 3.8) is 0 Å². The van der Waals surface area contributed by atoms with Crippen LogP contribution in [0.1, 0.15) is 62.3 Å². The Morgan fingerprint density at radius 2 is 1.06 bits per heavy atom. The number of aromatic nitrogens is 4. The summed E-state index contributed by atoms with van der Waals surface area (Å²) in [4.78, 5) is 45.5. The fraction of sp³-hybridized carbons (Fsp3) is 0.364. The summed E-state index contributed by atoms with van der Waals surface area (Å²) in [7, 11) is 0. The number of anilines is 2. The number of carbonyl (C=O) groups is 3. The number of ether oxygens (including phenoxy) is 3. The topological polar surface area (TPSA) is 153 Å². The molecule has 4 rings (SSSR count). The van der Waals surface area contributed by atoms with Crippen molar-refractivity contribution in [3.8, 4) is 22.5 Å². The van der Waals surface area contributed by atoms with Gasteiger partial charge < -0.3 is 19.9 Å². The van der Waals surface area contributed by atoms with Crippen LogP contribution in [0.5, 0.6) is 0 Å². The molecule has 2 aromatic heterocycles. The molecule has 0 saturated heterocycles. The Bertz CT molecular complexity index is 1750. The van der Waals surface area contributed by atoms with Gasteiger partial charge in [-0.3, -0.25) is 5.32 Å². The van der Waals surface area contributed by atoms with Crippen molar-refractivity contribution in [1.82, 2.24) is 19.1 Å². The van der Waals surface area contributed by atoms with Crippen LogP contribution in [0.2, 0.25) is 0 Å². The van der Waals surface area contributed by atoms with E-state index in [-0.39, 0.29) is 11.9 Å². The number of halogens is 2. The van der Waals surface area contributed by atoms with E-state index < -0.39 is 35.1 Å². The van der Waals surface area contributed by atoms with E-state index in [0.717, 1.165) is 18.3 Å². The molecule has 47 heavy (non-hydrogen) atoms. The lowest BCUT2D eigenvalue weighted by atomic mass is 10.2. The predicted octanol–water partition coefficient (Wildman–Crippen LogP) is 8.81. The van der Waals surface area contributed by atoms with E-state index in [9.17, 15) is 14.4 Å². The first kappa shape index (κ1) is 37.8. The maximum absolute atomic E-state index is 12.8. The first-order chi connectivity index (χ1) is 21.7. The minimum absolute atomic E-state index is 0.0353. The van der Waals surface area contributed by atoms with Gasteiger partial charge in [0.25, 0.3) is 0 Å². The molecule has 0 atom stereocenters. The van der Waals surface area contributed by atoms with Crippen molar-refractivity contribution in [3.05, 3.63) is 68.1 Å². The van der Waals surface area contributed by atoms with Crippen molar-refractivity contribution < 1.29 is 28.6 Å². The van der Waals surface area contributed by atoms with E-state index in [0.29, 0.717) is 11.4 Å². The highest BCUT2D eigenvalue weighted by Gasteiger charge is 2.27. The zero-order valence-corrected chi connectivity index (χ0v) is 32.2. The molecule has 252 valence electrons. The molecular formula is C33H40I2N6O6. The standard InChI is InChI=1S/C19H24IN3O4.C14H16IN3O2/c1-18(2,3)26-16(24)22-15-21-11-14(12-9-7-8-10-13(12)20)23(15)17(25)27-19(4,5)6;1-14(2,3)20-13(19)18-11(8-17-12(18)16)9-6-4-5-7-10(9)15/h7-11H,1-6H3,(H,21,22,24);4-8H,1-3H3,(H2,16,17). The molecule has 0 saturated carbocycles. The molecule has 3 N–H and O–H groups in total. The summed E-state index contributed by atoms with van der Waals surface area (Å²) >= 11 is 4.39. The number of carbonyl (C=O) groups excluding carboxylic acids is 3. The lowest BCUT2D eigenvalue weighted by molar-refractivity contribution is 0.0529. The number of hydrogen-bond acceptors (Lipinski definition) is 9. The molecule has 2 heterocycles. The monoisotopic (exact) mass is 870 g/mol. The Hall–Kier alpha value is -3.67. The molecule has 0 radical (unpaired) electrons. The molecule has 1 amide bonds. The Labute approximate surface area is 302 Å². The van der Waals surface area contributed by atoms with Crippen LogP contribution in [-0.2, 0) is 14.2 Å². The lowest BCUT2D eigenvalue weighted by Gasteiger charge is -2.22. The average molecular weight is 871 g/mol. The van der Waals surface area contributed by atoms with Gasteiger partial charge in [0.05, 0.1) is 23.8 Å². The van der Waals surface area contributed by atoms with Gasteiger partial charge in [-0.25, -0.2) is 33.5 Å². The van der Waals surface area contributed by atoms with E-state index in [4.69, 9.17) is 19.9 Å². The van der Waals surface area contributed by atoms with Crippen molar-refractivity contribution in [1.29, 1.82) is 0 Å². The number of amides is 1. The second-order valence-electron chi connectivity index (χ2n) is 13.2. The third-order valence-corrected chi connectivity index (χ3v) is 7.50. The zero-order chi connectivity index (χ0) is 35.3. The summed E-state index contributed by atoms with van der Waals surface area (Å²) < 4.78 is 20.6. The van der Waals surface area contributed by atoms with Gasteiger partial charge in [0.1, 0.15) is 16.8 Å². The molecule has 0 aliphatic carbocycles. The van der Waals surface area contributed by atoms with Gasteiger partial charge in [0, 0.05) is 18.3 Å². The highest BCUT2D eigenvalue weighted by Crippen LogP contribution is 2.30. The number of nitrogens with one attached hydrogen (secondary N) is 1. The Morgan fingerprint density at radius 3 is 1.51 bits per heavy atom. The van der Waals surface area contributed by atoms with Crippen LogP contribution in [0.15, 0.2) is 60.9 Å². The van der Waals surface area contributed by atoms with Crippen LogP contribution in [0.4, 0.5) is 26.3 Å². The summed E-state index contributed by atoms with van der Waals surface area (Å²) in [5.74, 6) is 0.155. The van der Waals surface area contributed by atoms with Gasteiger partial charge in [0.15, 0.2) is 0 Å². The van der Waals surface area contributed by atoms with Crippen LogP contribution in [0, 0.1) is 7.14 Å². The molecule has 0 fully saturated rings. The number of nitrogen functional groups attached to an aromatic ring is 1. The van der Waals surface area contributed by atoms with Crippen LogP contribution < -0.4 is 11.1 Å². The quantitative estimate of drug-likeness (QED) is 0.152. The summed E-state index contributed by atoms with van der Waals surface area (Å²) in [5.41, 5.74) is 6.66. The van der Waals surface area contributed by atoms with Gasteiger partial charge in [-0.1, -0.05) is 36.4 Å². The van der Waals surface area contributed by atoms with Crippen LogP contribution >= 0.6 is 45.2 Å². The van der Waals surface area contributed by atoms with E-state index in [1.165, 1.54) is 15.3 Å². The van der Waals surface area contributed by atoms with E-state index in [1.807, 2.05) is 69.3 Å². The number of hydrogen-bond donors (Lipinski definition) is 2. The van der Waals surface area contributed by atoms with Gasteiger partial charge >= 0.3 is 18.3 Å². The minimum atomic E-state index is -0.703. The van der Waals surface area contributed by atoms with Gasteiger partial charge in [-0.15, -0.1) is 0 Å². The number of benzene rings is 2. The second kappa shape index (κ2) is 15.0. The lowest BCUT2D eigenvalue weighted by Crippen LogP contribution is -2.31. The summed E-state index contributed by atoms with van der Waals surface area (Å²) in [5, 5.41) is 2.53. The molecule has 0 bridgehead atoms. The summed E-state index contributed by atoms with van der Waals surface area (Å²) in [6, 6.07) is 15.3. The van der Waals surface area contributed by atoms with Crippen molar-refractivity contribution in [2.24, 2.45) is 0 Å². The molecule has 0 spiro atoms. The molecule has 0 aliphatic heterocycles. The molecule has 0 aliphatic rings. The Kier molecular flexibility index (Phi) is 12.1. The third-order valence-electron chi connectivity index (χ3n) is 5.62. The fourth-order valence-corrected chi connectivity index (χ4v) is 5.24. The molecule has 2 aromatic carbocycles. The number of imidazole rings is 2. The smallest absolute Gasteiger partial charge is 0.421 e. The van der Waals surface area contributed by atoms with E-state index in [2.05, 4.69) is 60.5 Å². The SMILES string of the molecule is CC(C)(C)OC(=O)Nc1ncc(-c2ccccc2I)n1C(=O)OC(C)(C)C.CC(C)(C)OC(=O)n1c(-c2ccccc2I)cnc1N. The van der Waals surface area contributed by atoms with Crippen molar-refractivity contribution >= 4 is 75.4 Å². The van der Waals surface area contributed by atoms with Crippen molar-refractivity contribution in [2.75, 3.05) is 11.1 Å². The average Bonchev–Trinajstić information content (AvgIpc) is 3.50. The van der Waals surface area contributed by atoms with Crippen LogP contribution in [0.3, 0.4) is 0 Å². The number of rotatable bonds is 3. The molecular weight excluding hydrogens is 830 g/mol. The Morgan fingerprint density at radius 1 is 0.660 bits per heavy atom. The highest BCUT2D eigenvalue weighted by atomic mass is 127. The van der Waals surface area contributed by atoms with Gasteiger partial charge in [-0.2, -0.15) is 0 Å². The summed E-state index contributed by atoms with van der Waals surface area (Å²) in [6.45, 7) is 16.0.